The van der Waals surface area contributed by atoms with E-state index < -0.39 is 5.41 Å². The molecule has 1 heterocycles. The Morgan fingerprint density at radius 2 is 2.00 bits per heavy atom. The fourth-order valence-corrected chi connectivity index (χ4v) is 3.99. The van der Waals surface area contributed by atoms with E-state index >= 15 is 0 Å². The summed E-state index contributed by atoms with van der Waals surface area (Å²) in [4.78, 5) is 27.0. The summed E-state index contributed by atoms with van der Waals surface area (Å²) in [6.45, 7) is 5.80. The first-order chi connectivity index (χ1) is 11.5. The number of benzene rings is 1. The quantitative estimate of drug-likeness (QED) is 0.559. The van der Waals surface area contributed by atoms with Crippen LogP contribution in [0.2, 0.25) is 5.02 Å². The monoisotopic (exact) mass is 345 g/mol. The standard InChI is InChI=1S/C20H24ClNO2/c1-3-11-20(2)12-10-17(14-6-8-16(21)9-7-14)22(19(20)24)18(13-23)15-4-5-15/h3,6-9,13,15,17-18H,1,4-5,10-12H2,2H3/t17?,18?,20-/m0/s1. The summed E-state index contributed by atoms with van der Waals surface area (Å²) >= 11 is 6.00. The van der Waals surface area contributed by atoms with E-state index in [1.54, 1.807) is 0 Å². The van der Waals surface area contributed by atoms with Gasteiger partial charge in [-0.15, -0.1) is 6.58 Å². The Kier molecular flexibility index (Phi) is 4.82. The number of hydrogen-bond acceptors (Lipinski definition) is 2. The zero-order valence-corrected chi connectivity index (χ0v) is 14.8. The largest absolute Gasteiger partial charge is 0.325 e. The zero-order chi connectivity index (χ0) is 17.3. The van der Waals surface area contributed by atoms with Crippen molar-refractivity contribution < 1.29 is 9.59 Å². The highest BCUT2D eigenvalue weighted by Crippen LogP contribution is 2.47. The molecule has 2 fully saturated rings. The minimum Gasteiger partial charge on any atom is -0.325 e. The van der Waals surface area contributed by atoms with Crippen LogP contribution in [-0.4, -0.2) is 23.1 Å². The Bertz CT molecular complexity index is 638. The first-order valence-corrected chi connectivity index (χ1v) is 9.02. The van der Waals surface area contributed by atoms with Crippen molar-refractivity contribution in [3.8, 4) is 0 Å². The molecule has 1 saturated heterocycles. The van der Waals surface area contributed by atoms with E-state index in [9.17, 15) is 9.59 Å². The maximum atomic E-state index is 13.3. The highest BCUT2D eigenvalue weighted by molar-refractivity contribution is 6.30. The normalized spacial score (nSPS) is 28.5. The first-order valence-electron chi connectivity index (χ1n) is 8.64. The first kappa shape index (κ1) is 17.2. The van der Waals surface area contributed by atoms with Crippen LogP contribution >= 0.6 is 11.6 Å². The van der Waals surface area contributed by atoms with Crippen LogP contribution < -0.4 is 0 Å². The van der Waals surface area contributed by atoms with Gasteiger partial charge in [0.25, 0.3) is 0 Å². The lowest BCUT2D eigenvalue weighted by Crippen LogP contribution is -2.54. The number of halogens is 1. The molecule has 3 atom stereocenters. The average Bonchev–Trinajstić information content (AvgIpc) is 3.39. The number of carbonyl (C=O) groups excluding carboxylic acids is 2. The molecule has 24 heavy (non-hydrogen) atoms. The Morgan fingerprint density at radius 1 is 1.33 bits per heavy atom. The van der Waals surface area contributed by atoms with E-state index in [1.807, 2.05) is 42.2 Å². The summed E-state index contributed by atoms with van der Waals surface area (Å²) < 4.78 is 0. The van der Waals surface area contributed by atoms with Gasteiger partial charge in [-0.05, 0) is 55.7 Å². The van der Waals surface area contributed by atoms with Crippen molar-refractivity contribution in [2.75, 3.05) is 0 Å². The average molecular weight is 346 g/mol. The van der Waals surface area contributed by atoms with Gasteiger partial charge in [0.15, 0.2) is 0 Å². The van der Waals surface area contributed by atoms with Crippen molar-refractivity contribution in [2.45, 2.75) is 51.1 Å². The summed E-state index contributed by atoms with van der Waals surface area (Å²) in [5.74, 6) is 0.393. The molecule has 4 heteroatoms. The number of carbonyl (C=O) groups is 2. The fourth-order valence-electron chi connectivity index (χ4n) is 3.86. The number of nitrogens with zero attached hydrogens (tertiary/aromatic N) is 1. The van der Waals surface area contributed by atoms with Crippen LogP contribution in [0.15, 0.2) is 36.9 Å². The van der Waals surface area contributed by atoms with Crippen molar-refractivity contribution in [1.82, 2.24) is 4.90 Å². The van der Waals surface area contributed by atoms with Crippen LogP contribution in [0.1, 0.15) is 50.6 Å². The highest BCUT2D eigenvalue weighted by atomic mass is 35.5. The number of amides is 1. The van der Waals surface area contributed by atoms with Crippen LogP contribution in [0.5, 0.6) is 0 Å². The van der Waals surface area contributed by atoms with E-state index in [-0.39, 0.29) is 18.0 Å². The number of aldehydes is 1. The lowest BCUT2D eigenvalue weighted by molar-refractivity contribution is -0.155. The van der Waals surface area contributed by atoms with Crippen molar-refractivity contribution in [3.63, 3.8) is 0 Å². The van der Waals surface area contributed by atoms with Crippen molar-refractivity contribution in [2.24, 2.45) is 11.3 Å². The topological polar surface area (TPSA) is 37.4 Å². The fraction of sp³-hybridized carbons (Fsp3) is 0.500. The van der Waals surface area contributed by atoms with Gasteiger partial charge in [0.2, 0.25) is 5.91 Å². The number of piperidine rings is 1. The van der Waals surface area contributed by atoms with Gasteiger partial charge in [0, 0.05) is 5.02 Å². The predicted molar refractivity (Wildman–Crippen MR) is 95.8 cm³/mol. The van der Waals surface area contributed by atoms with Crippen LogP contribution in [0.3, 0.4) is 0 Å². The van der Waals surface area contributed by atoms with Gasteiger partial charge in [-0.25, -0.2) is 0 Å². The van der Waals surface area contributed by atoms with E-state index in [4.69, 9.17) is 11.6 Å². The molecular formula is C20H24ClNO2. The Morgan fingerprint density at radius 3 is 2.54 bits per heavy atom. The van der Waals surface area contributed by atoms with E-state index in [0.717, 1.165) is 37.5 Å². The third kappa shape index (κ3) is 3.14. The molecule has 0 N–H and O–H groups in total. The van der Waals surface area contributed by atoms with Gasteiger partial charge in [-0.2, -0.15) is 0 Å². The van der Waals surface area contributed by atoms with Crippen LogP contribution in [0, 0.1) is 11.3 Å². The summed E-state index contributed by atoms with van der Waals surface area (Å²) in [6, 6.07) is 7.27. The summed E-state index contributed by atoms with van der Waals surface area (Å²) in [7, 11) is 0. The molecule has 1 aromatic rings. The molecule has 3 rings (SSSR count). The molecule has 1 aliphatic carbocycles. The van der Waals surface area contributed by atoms with Crippen molar-refractivity contribution >= 4 is 23.8 Å². The molecule has 0 spiro atoms. The summed E-state index contributed by atoms with van der Waals surface area (Å²) in [5, 5.41) is 0.679. The van der Waals surface area contributed by atoms with E-state index in [2.05, 4.69) is 6.58 Å². The molecule has 1 aromatic carbocycles. The molecule has 128 valence electrons. The molecule has 1 aliphatic heterocycles. The van der Waals surface area contributed by atoms with E-state index in [1.165, 1.54) is 0 Å². The van der Waals surface area contributed by atoms with Gasteiger partial charge in [-0.3, -0.25) is 4.79 Å². The third-order valence-corrected chi connectivity index (χ3v) is 5.72. The molecule has 0 bridgehead atoms. The van der Waals surface area contributed by atoms with Crippen LogP contribution in [-0.2, 0) is 9.59 Å². The molecule has 2 aliphatic rings. The van der Waals surface area contributed by atoms with Crippen molar-refractivity contribution in [3.05, 3.63) is 47.5 Å². The molecule has 1 saturated carbocycles. The molecule has 3 nitrogen and oxygen atoms in total. The smallest absolute Gasteiger partial charge is 0.229 e. The van der Waals surface area contributed by atoms with Crippen LogP contribution in [0.25, 0.3) is 0 Å². The zero-order valence-electron chi connectivity index (χ0n) is 14.1. The van der Waals surface area contributed by atoms with Crippen LogP contribution in [0.4, 0.5) is 0 Å². The molecule has 0 radical (unpaired) electrons. The minimum absolute atomic E-state index is 0.0524. The summed E-state index contributed by atoms with van der Waals surface area (Å²) in [5.41, 5.74) is 0.599. The molecular weight excluding hydrogens is 322 g/mol. The van der Waals surface area contributed by atoms with Gasteiger partial charge in [0.05, 0.1) is 17.5 Å². The second kappa shape index (κ2) is 6.72. The second-order valence-corrected chi connectivity index (χ2v) is 7.77. The van der Waals surface area contributed by atoms with Gasteiger partial charge >= 0.3 is 0 Å². The summed E-state index contributed by atoms with van der Waals surface area (Å²) in [6.07, 6.45) is 7.14. The second-order valence-electron chi connectivity index (χ2n) is 7.34. The van der Waals surface area contributed by atoms with Gasteiger partial charge < -0.3 is 9.69 Å². The molecule has 2 unspecified atom stereocenters. The lowest BCUT2D eigenvalue weighted by atomic mass is 9.74. The van der Waals surface area contributed by atoms with E-state index in [0.29, 0.717) is 17.4 Å². The Balaban J connectivity index is 1.97. The molecule has 0 aromatic heterocycles. The van der Waals surface area contributed by atoms with Gasteiger partial charge in [-0.1, -0.05) is 36.7 Å². The maximum absolute atomic E-state index is 13.3. The third-order valence-electron chi connectivity index (χ3n) is 5.47. The predicted octanol–water partition coefficient (Wildman–Crippen LogP) is 4.56. The highest BCUT2D eigenvalue weighted by Gasteiger charge is 2.49. The molecule has 1 amide bonds. The minimum atomic E-state index is -0.458. The number of allylic oxidation sites excluding steroid dienone is 1. The van der Waals surface area contributed by atoms with Gasteiger partial charge in [0.1, 0.15) is 6.29 Å². The Hall–Kier alpha value is -1.61. The number of rotatable bonds is 6. The number of likely N-dealkylation sites (tertiary alicyclic amines) is 1. The Labute approximate surface area is 148 Å². The maximum Gasteiger partial charge on any atom is 0.229 e. The number of hydrogen-bond donors (Lipinski definition) is 0. The lowest BCUT2D eigenvalue weighted by Gasteiger charge is -2.47. The SMILES string of the molecule is C=CC[C@@]1(C)CCC(c2ccc(Cl)cc2)N(C(C=O)C2CC2)C1=O. The van der Waals surface area contributed by atoms with Crippen molar-refractivity contribution in [1.29, 1.82) is 0 Å².